The third-order valence-corrected chi connectivity index (χ3v) is 6.05. The third kappa shape index (κ3) is 4.33. The lowest BCUT2D eigenvalue weighted by Crippen LogP contribution is -2.56. The molecule has 29 heavy (non-hydrogen) atoms. The molecule has 0 bridgehead atoms. The number of carbonyl (C=O) groups is 2. The number of amides is 4. The van der Waals surface area contributed by atoms with Gasteiger partial charge < -0.3 is 25.4 Å². The zero-order valence-corrected chi connectivity index (χ0v) is 17.3. The van der Waals surface area contributed by atoms with Gasteiger partial charge in [-0.25, -0.2) is 9.59 Å². The number of piperidine rings is 1. The lowest BCUT2D eigenvalue weighted by molar-refractivity contribution is 0.116. The predicted molar refractivity (Wildman–Crippen MR) is 114 cm³/mol. The summed E-state index contributed by atoms with van der Waals surface area (Å²) >= 11 is 0. The molecule has 0 radical (unpaired) electrons. The maximum Gasteiger partial charge on any atom is 0.318 e. The number of carbonyl (C=O) groups excluding carboxylic acids is 2. The fraction of sp³-hybridized carbons (Fsp3) is 0.545. The first-order valence-electron chi connectivity index (χ1n) is 10.7. The molecule has 2 aromatic rings. The van der Waals surface area contributed by atoms with Gasteiger partial charge in [-0.2, -0.15) is 0 Å². The fourth-order valence-corrected chi connectivity index (χ4v) is 4.33. The quantitative estimate of drug-likeness (QED) is 0.724. The van der Waals surface area contributed by atoms with Crippen molar-refractivity contribution < 1.29 is 9.59 Å². The summed E-state index contributed by atoms with van der Waals surface area (Å²) in [5, 5.41) is 6.98. The molecule has 2 aliphatic rings. The third-order valence-electron chi connectivity index (χ3n) is 6.05. The first-order chi connectivity index (χ1) is 14.1. The van der Waals surface area contributed by atoms with Crippen molar-refractivity contribution in [1.82, 2.24) is 25.4 Å². The van der Waals surface area contributed by atoms with E-state index < -0.39 is 0 Å². The highest BCUT2D eigenvalue weighted by Crippen LogP contribution is 2.31. The molecule has 0 spiro atoms. The summed E-state index contributed by atoms with van der Waals surface area (Å²) in [6, 6.07) is 8.86. The predicted octanol–water partition coefficient (Wildman–Crippen LogP) is 3.21. The van der Waals surface area contributed by atoms with Crippen molar-refractivity contribution in [3.63, 3.8) is 0 Å². The molecule has 156 valence electrons. The molecular weight excluding hydrogens is 366 g/mol. The normalized spacial score (nSPS) is 19.2. The summed E-state index contributed by atoms with van der Waals surface area (Å²) in [7, 11) is 1.65. The number of H-pyrrole nitrogens is 1. The van der Waals surface area contributed by atoms with E-state index in [1.807, 2.05) is 9.80 Å². The molecule has 2 fully saturated rings. The monoisotopic (exact) mass is 397 g/mol. The number of hydrogen-bond donors (Lipinski definition) is 3. The van der Waals surface area contributed by atoms with Crippen LogP contribution in [-0.2, 0) is 13.0 Å². The standard InChI is InChI=1S/C22H31N5O2/c1-3-15-6-9-20-16(11-15)12-17(25-20)13-24-22(29)27(18-7-8-18)19-5-4-10-26(14-19)21(28)23-2/h6,9,11-12,18-19,25H,3-5,7-8,10,13-14H2,1-2H3,(H,23,28)(H,24,29)/t19-/m1/s1. The smallest absolute Gasteiger partial charge is 0.318 e. The van der Waals surface area contributed by atoms with Crippen LogP contribution in [0.1, 0.15) is 43.9 Å². The Morgan fingerprint density at radius 1 is 1.21 bits per heavy atom. The van der Waals surface area contributed by atoms with Gasteiger partial charge in [0.15, 0.2) is 0 Å². The summed E-state index contributed by atoms with van der Waals surface area (Å²) in [5.74, 6) is 0. The fourth-order valence-electron chi connectivity index (χ4n) is 4.33. The highest BCUT2D eigenvalue weighted by molar-refractivity contribution is 5.81. The largest absolute Gasteiger partial charge is 0.357 e. The number of nitrogens with one attached hydrogen (secondary N) is 3. The summed E-state index contributed by atoms with van der Waals surface area (Å²) in [4.78, 5) is 32.3. The second-order valence-electron chi connectivity index (χ2n) is 8.16. The minimum Gasteiger partial charge on any atom is -0.357 e. The van der Waals surface area contributed by atoms with Crippen LogP contribution in [0.15, 0.2) is 24.3 Å². The van der Waals surface area contributed by atoms with Gasteiger partial charge >= 0.3 is 12.1 Å². The molecule has 4 amide bonds. The number of rotatable bonds is 5. The number of hydrogen-bond acceptors (Lipinski definition) is 2. The summed E-state index contributed by atoms with van der Waals surface area (Å²) < 4.78 is 0. The Morgan fingerprint density at radius 2 is 2.03 bits per heavy atom. The highest BCUT2D eigenvalue weighted by atomic mass is 16.2. The van der Waals surface area contributed by atoms with E-state index in [2.05, 4.69) is 46.8 Å². The molecule has 3 N–H and O–H groups in total. The van der Waals surface area contributed by atoms with Crippen LogP contribution in [0.25, 0.3) is 10.9 Å². The van der Waals surface area contributed by atoms with Crippen LogP contribution in [-0.4, -0.2) is 59.1 Å². The van der Waals surface area contributed by atoms with Gasteiger partial charge in [-0.15, -0.1) is 0 Å². The molecule has 1 saturated carbocycles. The first-order valence-corrected chi connectivity index (χ1v) is 10.7. The van der Waals surface area contributed by atoms with Gasteiger partial charge in [0.1, 0.15) is 0 Å². The van der Waals surface area contributed by atoms with Gasteiger partial charge in [-0.1, -0.05) is 13.0 Å². The van der Waals surface area contributed by atoms with E-state index in [4.69, 9.17) is 0 Å². The molecule has 7 nitrogen and oxygen atoms in total. The van der Waals surface area contributed by atoms with Crippen LogP contribution < -0.4 is 10.6 Å². The first kappa shape index (κ1) is 19.6. The van der Waals surface area contributed by atoms with Gasteiger partial charge in [-0.05, 0) is 61.3 Å². The van der Waals surface area contributed by atoms with E-state index in [0.717, 1.165) is 49.9 Å². The maximum atomic E-state index is 13.0. The topological polar surface area (TPSA) is 80.5 Å². The number of fused-ring (bicyclic) bond motifs is 1. The van der Waals surface area contributed by atoms with Gasteiger partial charge in [0.25, 0.3) is 0 Å². The molecule has 1 atom stereocenters. The van der Waals surface area contributed by atoms with Crippen molar-refractivity contribution in [3.8, 4) is 0 Å². The van der Waals surface area contributed by atoms with Gasteiger partial charge in [0.2, 0.25) is 0 Å². The summed E-state index contributed by atoms with van der Waals surface area (Å²) in [5.41, 5.74) is 3.41. The number of aromatic amines is 1. The van der Waals surface area contributed by atoms with Crippen LogP contribution in [0.2, 0.25) is 0 Å². The van der Waals surface area contributed by atoms with E-state index >= 15 is 0 Å². The van der Waals surface area contributed by atoms with Gasteiger partial charge in [0.05, 0.1) is 12.6 Å². The van der Waals surface area contributed by atoms with E-state index in [1.165, 1.54) is 10.9 Å². The minimum absolute atomic E-state index is 0.0239. The van der Waals surface area contributed by atoms with Crippen molar-refractivity contribution in [2.24, 2.45) is 0 Å². The number of aromatic nitrogens is 1. The lowest BCUT2D eigenvalue weighted by Gasteiger charge is -2.39. The Hall–Kier alpha value is -2.70. The number of benzene rings is 1. The molecule has 2 heterocycles. The summed E-state index contributed by atoms with van der Waals surface area (Å²) in [6.45, 7) is 3.99. The molecule has 4 rings (SSSR count). The van der Waals surface area contributed by atoms with Crippen molar-refractivity contribution in [2.75, 3.05) is 20.1 Å². The van der Waals surface area contributed by atoms with Crippen molar-refractivity contribution in [3.05, 3.63) is 35.5 Å². The van der Waals surface area contributed by atoms with E-state index in [0.29, 0.717) is 19.1 Å². The molecule has 7 heteroatoms. The minimum atomic E-state index is -0.0598. The average molecular weight is 398 g/mol. The number of aryl methyl sites for hydroxylation is 1. The molecule has 1 saturated heterocycles. The zero-order chi connectivity index (χ0) is 20.4. The Labute approximate surface area is 171 Å². The molecule has 0 unspecified atom stereocenters. The Kier molecular flexibility index (Phi) is 5.65. The maximum absolute atomic E-state index is 13.0. The van der Waals surface area contributed by atoms with Gasteiger partial charge in [-0.3, -0.25) is 0 Å². The lowest BCUT2D eigenvalue weighted by atomic mass is 10.0. The van der Waals surface area contributed by atoms with Crippen molar-refractivity contribution >= 4 is 23.0 Å². The SMILES string of the molecule is CCc1ccc2[nH]c(CNC(=O)N(C3CC3)[C@@H]3CCCN(C(=O)NC)C3)cc2c1. The number of nitrogens with zero attached hydrogens (tertiary/aromatic N) is 2. The van der Waals surface area contributed by atoms with Crippen LogP contribution in [0.4, 0.5) is 9.59 Å². The molecule has 1 aliphatic carbocycles. The molecule has 1 aromatic heterocycles. The second kappa shape index (κ2) is 8.35. The van der Waals surface area contributed by atoms with E-state index in [1.54, 1.807) is 7.05 Å². The second-order valence-corrected chi connectivity index (χ2v) is 8.16. The zero-order valence-electron chi connectivity index (χ0n) is 17.3. The molecule has 1 aliphatic heterocycles. The molecule has 1 aromatic carbocycles. The average Bonchev–Trinajstić information content (AvgIpc) is 3.49. The van der Waals surface area contributed by atoms with Crippen molar-refractivity contribution in [2.45, 2.75) is 57.7 Å². The number of urea groups is 2. The van der Waals surface area contributed by atoms with E-state index in [9.17, 15) is 9.59 Å². The Morgan fingerprint density at radius 3 is 2.76 bits per heavy atom. The van der Waals surface area contributed by atoms with Crippen LogP contribution in [0.5, 0.6) is 0 Å². The van der Waals surface area contributed by atoms with Crippen LogP contribution in [0.3, 0.4) is 0 Å². The number of likely N-dealkylation sites (tertiary alicyclic amines) is 1. The van der Waals surface area contributed by atoms with Crippen molar-refractivity contribution in [1.29, 1.82) is 0 Å². The summed E-state index contributed by atoms with van der Waals surface area (Å²) in [6.07, 6.45) is 4.99. The van der Waals surface area contributed by atoms with Crippen LogP contribution in [0, 0.1) is 0 Å². The van der Waals surface area contributed by atoms with Crippen LogP contribution >= 0.6 is 0 Å². The Bertz CT molecular complexity index is 888. The molecular formula is C22H31N5O2. The highest BCUT2D eigenvalue weighted by Gasteiger charge is 2.39. The Balaban J connectivity index is 1.41. The van der Waals surface area contributed by atoms with E-state index in [-0.39, 0.29) is 18.1 Å². The van der Waals surface area contributed by atoms with Gasteiger partial charge in [0, 0.05) is 37.4 Å².